The summed E-state index contributed by atoms with van der Waals surface area (Å²) in [5.41, 5.74) is 0.0942. The quantitative estimate of drug-likeness (QED) is 0.680. The maximum absolute atomic E-state index is 13.3. The number of aromatic nitrogens is 1. The van der Waals surface area contributed by atoms with Gasteiger partial charge in [-0.2, -0.15) is 0 Å². The van der Waals surface area contributed by atoms with Gasteiger partial charge in [0.1, 0.15) is 11.3 Å². The average molecular weight is 489 g/mol. The Morgan fingerprint density at radius 2 is 1.75 bits per heavy atom. The van der Waals surface area contributed by atoms with E-state index in [-0.39, 0.29) is 28.2 Å². The average Bonchev–Trinajstić information content (AvgIpc) is 3.00. The van der Waals surface area contributed by atoms with Crippen LogP contribution in [0.4, 0.5) is 4.79 Å². The number of H-pyrrole nitrogens is 1. The van der Waals surface area contributed by atoms with E-state index >= 15 is 0 Å². The highest BCUT2D eigenvalue weighted by Gasteiger charge is 2.40. The summed E-state index contributed by atoms with van der Waals surface area (Å²) < 4.78 is 10.8. The molecule has 3 rings (SSSR count). The van der Waals surface area contributed by atoms with Crippen LogP contribution < -0.4 is 5.32 Å². The number of carbonyl (C=O) groups excluding carboxylic acids is 3. The number of halogens is 2. The molecule has 0 bridgehead atoms. The Labute approximate surface area is 197 Å². The van der Waals surface area contributed by atoms with Crippen molar-refractivity contribution >= 4 is 41.1 Å². The molecule has 2 atom stereocenters. The maximum Gasteiger partial charge on any atom is 0.410 e. The van der Waals surface area contributed by atoms with E-state index in [0.717, 1.165) is 0 Å². The summed E-state index contributed by atoms with van der Waals surface area (Å²) in [6, 6.07) is -0.477. The zero-order chi connectivity index (χ0) is 23.6. The van der Waals surface area contributed by atoms with Crippen molar-refractivity contribution in [1.82, 2.24) is 20.1 Å². The summed E-state index contributed by atoms with van der Waals surface area (Å²) in [7, 11) is 0. The predicted molar refractivity (Wildman–Crippen MR) is 120 cm³/mol. The van der Waals surface area contributed by atoms with Gasteiger partial charge in [-0.15, -0.1) is 0 Å². The summed E-state index contributed by atoms with van der Waals surface area (Å²) in [6.07, 6.45) is -0.0755. The van der Waals surface area contributed by atoms with Crippen LogP contribution in [0.2, 0.25) is 10.0 Å². The summed E-state index contributed by atoms with van der Waals surface area (Å²) in [5.74, 6) is -1.19. The second-order valence-corrected chi connectivity index (χ2v) is 9.85. The fraction of sp³-hybridized carbons (Fsp3) is 0.667. The molecule has 0 aliphatic carbocycles. The Bertz CT molecular complexity index is 876. The lowest BCUT2D eigenvalue weighted by atomic mass is 9.90. The van der Waals surface area contributed by atoms with Crippen molar-refractivity contribution in [2.45, 2.75) is 45.8 Å². The molecule has 11 heteroatoms. The van der Waals surface area contributed by atoms with E-state index in [0.29, 0.717) is 45.0 Å². The third kappa shape index (κ3) is 5.68. The van der Waals surface area contributed by atoms with Gasteiger partial charge in [0.05, 0.1) is 29.2 Å². The maximum atomic E-state index is 13.3. The third-order valence-electron chi connectivity index (χ3n) is 5.50. The number of morpholine rings is 1. The fourth-order valence-corrected chi connectivity index (χ4v) is 4.27. The number of ether oxygens (including phenoxy) is 2. The van der Waals surface area contributed by atoms with Crippen LogP contribution in [0, 0.1) is 12.8 Å². The standard InChI is InChI=1S/C21H30Cl2N4O5/c1-12-15(22)16(23)17(24-12)18(28)25-14-5-6-27(20(30)32-21(2,3)4)11-13(14)19(29)26-7-9-31-10-8-26/h13-14,24H,5-11H2,1-4H3,(H,25,28)/t13-,14-/m1/s1. The summed E-state index contributed by atoms with van der Waals surface area (Å²) in [4.78, 5) is 45.0. The largest absolute Gasteiger partial charge is 0.444 e. The Morgan fingerprint density at radius 1 is 1.09 bits per heavy atom. The number of aryl methyl sites for hydroxylation is 1. The number of likely N-dealkylation sites (tertiary alicyclic amines) is 1. The summed E-state index contributed by atoms with van der Waals surface area (Å²) in [6.45, 7) is 9.46. The molecule has 3 heterocycles. The molecule has 2 N–H and O–H groups in total. The summed E-state index contributed by atoms with van der Waals surface area (Å²) in [5, 5.41) is 3.36. The second kappa shape index (κ2) is 9.89. The first-order valence-corrected chi connectivity index (χ1v) is 11.4. The zero-order valence-corrected chi connectivity index (χ0v) is 20.3. The Kier molecular flexibility index (Phi) is 7.62. The highest BCUT2D eigenvalue weighted by Crippen LogP contribution is 2.30. The van der Waals surface area contributed by atoms with Crippen LogP contribution in [0.5, 0.6) is 0 Å². The Balaban J connectivity index is 1.78. The molecule has 2 saturated heterocycles. The fourth-order valence-electron chi connectivity index (χ4n) is 3.85. The van der Waals surface area contributed by atoms with E-state index in [9.17, 15) is 14.4 Å². The lowest BCUT2D eigenvalue weighted by Gasteiger charge is -2.41. The molecule has 2 aliphatic heterocycles. The van der Waals surface area contributed by atoms with Crippen molar-refractivity contribution in [1.29, 1.82) is 0 Å². The van der Waals surface area contributed by atoms with E-state index in [4.69, 9.17) is 32.7 Å². The lowest BCUT2D eigenvalue weighted by molar-refractivity contribution is -0.142. The van der Waals surface area contributed by atoms with Crippen LogP contribution >= 0.6 is 23.2 Å². The third-order valence-corrected chi connectivity index (χ3v) is 6.45. The second-order valence-electron chi connectivity index (χ2n) is 9.09. The molecule has 9 nitrogen and oxygen atoms in total. The monoisotopic (exact) mass is 488 g/mol. The number of hydrogen-bond acceptors (Lipinski definition) is 5. The molecular weight excluding hydrogens is 459 g/mol. The number of aromatic amines is 1. The first-order valence-electron chi connectivity index (χ1n) is 10.7. The number of hydrogen-bond donors (Lipinski definition) is 2. The van der Waals surface area contributed by atoms with Crippen molar-refractivity contribution in [2.24, 2.45) is 5.92 Å². The molecule has 0 aromatic carbocycles. The number of piperidine rings is 1. The van der Waals surface area contributed by atoms with Crippen LogP contribution in [-0.4, -0.2) is 83.7 Å². The molecule has 178 valence electrons. The lowest BCUT2D eigenvalue weighted by Crippen LogP contribution is -2.59. The first kappa shape index (κ1) is 24.7. The molecule has 1 aromatic rings. The van der Waals surface area contributed by atoms with Gasteiger partial charge in [0.15, 0.2) is 0 Å². The van der Waals surface area contributed by atoms with Gasteiger partial charge in [-0.1, -0.05) is 23.2 Å². The Hall–Kier alpha value is -1.97. The van der Waals surface area contributed by atoms with E-state index in [1.54, 1.807) is 32.6 Å². The number of carbonyl (C=O) groups is 3. The van der Waals surface area contributed by atoms with Crippen molar-refractivity contribution < 1.29 is 23.9 Å². The number of nitrogens with one attached hydrogen (secondary N) is 2. The van der Waals surface area contributed by atoms with Crippen molar-refractivity contribution in [3.8, 4) is 0 Å². The van der Waals surface area contributed by atoms with E-state index in [2.05, 4.69) is 10.3 Å². The van der Waals surface area contributed by atoms with Crippen molar-refractivity contribution in [3.05, 3.63) is 21.4 Å². The molecular formula is C21H30Cl2N4O5. The van der Waals surface area contributed by atoms with Gasteiger partial charge in [-0.3, -0.25) is 9.59 Å². The molecule has 0 unspecified atom stereocenters. The molecule has 0 saturated carbocycles. The molecule has 2 fully saturated rings. The van der Waals surface area contributed by atoms with Gasteiger partial charge in [0.25, 0.3) is 5.91 Å². The zero-order valence-electron chi connectivity index (χ0n) is 18.8. The minimum Gasteiger partial charge on any atom is -0.444 e. The highest BCUT2D eigenvalue weighted by molar-refractivity contribution is 6.44. The number of nitrogens with zero attached hydrogens (tertiary/aromatic N) is 2. The summed E-state index contributed by atoms with van der Waals surface area (Å²) >= 11 is 12.3. The molecule has 0 spiro atoms. The normalized spacial score (nSPS) is 21.9. The van der Waals surface area contributed by atoms with E-state index in [1.807, 2.05) is 0 Å². The smallest absolute Gasteiger partial charge is 0.410 e. The van der Waals surface area contributed by atoms with Crippen LogP contribution in [0.1, 0.15) is 43.4 Å². The van der Waals surface area contributed by atoms with Crippen molar-refractivity contribution in [3.63, 3.8) is 0 Å². The van der Waals surface area contributed by atoms with Gasteiger partial charge in [0, 0.05) is 37.9 Å². The van der Waals surface area contributed by atoms with Crippen LogP contribution in [0.15, 0.2) is 0 Å². The van der Waals surface area contributed by atoms with Gasteiger partial charge < -0.3 is 29.6 Å². The SMILES string of the molecule is Cc1[nH]c(C(=O)N[C@@H]2CCN(C(=O)OC(C)(C)C)C[C@H]2C(=O)N2CCOCC2)c(Cl)c1Cl. The van der Waals surface area contributed by atoms with E-state index < -0.39 is 29.6 Å². The molecule has 0 radical (unpaired) electrons. The number of rotatable bonds is 3. The van der Waals surface area contributed by atoms with Gasteiger partial charge in [-0.05, 0) is 34.1 Å². The predicted octanol–water partition coefficient (Wildman–Crippen LogP) is 2.84. The van der Waals surface area contributed by atoms with Gasteiger partial charge in [0.2, 0.25) is 5.91 Å². The molecule has 3 amide bonds. The van der Waals surface area contributed by atoms with Crippen LogP contribution in [0.3, 0.4) is 0 Å². The topological polar surface area (TPSA) is 104 Å². The minimum atomic E-state index is -0.645. The van der Waals surface area contributed by atoms with Crippen LogP contribution in [-0.2, 0) is 14.3 Å². The van der Waals surface area contributed by atoms with Crippen LogP contribution in [0.25, 0.3) is 0 Å². The van der Waals surface area contributed by atoms with E-state index in [1.165, 1.54) is 4.90 Å². The minimum absolute atomic E-state index is 0.126. The first-order chi connectivity index (χ1) is 15.0. The Morgan fingerprint density at radius 3 is 2.31 bits per heavy atom. The molecule has 32 heavy (non-hydrogen) atoms. The molecule has 1 aromatic heterocycles. The van der Waals surface area contributed by atoms with Crippen molar-refractivity contribution in [2.75, 3.05) is 39.4 Å². The highest BCUT2D eigenvalue weighted by atomic mass is 35.5. The molecule has 2 aliphatic rings. The van der Waals surface area contributed by atoms with Gasteiger partial charge in [-0.25, -0.2) is 4.79 Å². The van der Waals surface area contributed by atoms with Gasteiger partial charge >= 0.3 is 6.09 Å². The number of amides is 3.